The molecule has 2 heterocycles. The van der Waals surface area contributed by atoms with E-state index >= 15 is 0 Å². The van der Waals surface area contributed by atoms with Crippen molar-refractivity contribution in [1.29, 1.82) is 0 Å². The molecular formula is C15H25ClN2O2. The number of halogens is 1. The Hall–Kier alpha value is -0.740. The van der Waals surface area contributed by atoms with E-state index in [-0.39, 0.29) is 18.4 Å². The Morgan fingerprint density at radius 1 is 1.25 bits per heavy atom. The summed E-state index contributed by atoms with van der Waals surface area (Å²) in [5.74, 6) is 0.853. The van der Waals surface area contributed by atoms with Crippen LogP contribution in [0.2, 0.25) is 0 Å². The molecule has 0 bridgehead atoms. The summed E-state index contributed by atoms with van der Waals surface area (Å²) in [5.41, 5.74) is 1.16. The second kappa shape index (κ2) is 6.81. The molecule has 114 valence electrons. The number of carboxylic acid groups (broad SMARTS) is 1. The fourth-order valence-electron chi connectivity index (χ4n) is 4.00. The molecule has 0 amide bonds. The van der Waals surface area contributed by atoms with Crippen molar-refractivity contribution in [1.82, 2.24) is 10.6 Å². The van der Waals surface area contributed by atoms with Gasteiger partial charge in [0.25, 0.3) is 0 Å². The van der Waals surface area contributed by atoms with Crippen molar-refractivity contribution in [3.05, 3.63) is 11.8 Å². The number of allylic oxidation sites excluding steroid dienone is 2. The molecule has 3 N–H and O–H groups in total. The first-order valence-corrected chi connectivity index (χ1v) is 7.67. The Morgan fingerprint density at radius 3 is 2.80 bits per heavy atom. The third kappa shape index (κ3) is 3.29. The summed E-state index contributed by atoms with van der Waals surface area (Å²) in [4.78, 5) is 10.5. The monoisotopic (exact) mass is 300 g/mol. The van der Waals surface area contributed by atoms with E-state index in [0.717, 1.165) is 36.9 Å². The van der Waals surface area contributed by atoms with Crippen molar-refractivity contribution in [3.63, 3.8) is 0 Å². The molecule has 4 aliphatic rings. The van der Waals surface area contributed by atoms with E-state index in [1.54, 1.807) is 0 Å². The number of nitrogens with one attached hydrogen (secondary N) is 2. The van der Waals surface area contributed by atoms with Gasteiger partial charge in [0.05, 0.1) is 0 Å². The van der Waals surface area contributed by atoms with Crippen LogP contribution < -0.4 is 10.6 Å². The number of hydrogen-bond donors (Lipinski definition) is 3. The van der Waals surface area contributed by atoms with Gasteiger partial charge in [-0.25, -0.2) is 4.79 Å². The van der Waals surface area contributed by atoms with Gasteiger partial charge in [-0.3, -0.25) is 0 Å². The number of hydrogen-bond acceptors (Lipinski definition) is 3. The fraction of sp³-hybridized carbons (Fsp3) is 0.800. The van der Waals surface area contributed by atoms with Crippen molar-refractivity contribution in [3.8, 4) is 0 Å². The lowest BCUT2D eigenvalue weighted by molar-refractivity contribution is -0.139. The summed E-state index contributed by atoms with van der Waals surface area (Å²) in [6.07, 6.45) is 11.0. The minimum absolute atomic E-state index is 0. The number of rotatable bonds is 1. The van der Waals surface area contributed by atoms with E-state index < -0.39 is 5.97 Å². The normalized spacial score (nSPS) is 36.9. The summed E-state index contributed by atoms with van der Waals surface area (Å²) in [6.45, 7) is 1.29. The van der Waals surface area contributed by atoms with Crippen molar-refractivity contribution >= 4 is 18.4 Å². The summed E-state index contributed by atoms with van der Waals surface area (Å²) in [6, 6.07) is 0.599. The molecule has 0 spiro atoms. The summed E-state index contributed by atoms with van der Waals surface area (Å²) in [5, 5.41) is 15.2. The van der Waals surface area contributed by atoms with E-state index in [9.17, 15) is 4.79 Å². The summed E-state index contributed by atoms with van der Waals surface area (Å²) < 4.78 is 0. The molecule has 1 saturated carbocycles. The van der Waals surface area contributed by atoms with Crippen LogP contribution in [0.25, 0.3) is 0 Å². The standard InChI is InChI=1S/C8H11NO2.C7H13N.ClH/c10-8(11)7-4-5-2-1-3-6(5)9-7;1-2-6-4-5-8-7(6)3-1;/h3,5,7,9H,1-2,4H2,(H,10,11);6-8H,1-5H2;1H. The zero-order valence-electron chi connectivity index (χ0n) is 11.8. The third-order valence-electron chi connectivity index (χ3n) is 5.06. The van der Waals surface area contributed by atoms with Gasteiger partial charge in [-0.2, -0.15) is 0 Å². The smallest absolute Gasteiger partial charge is 0.326 e. The average Bonchev–Trinajstić information content (AvgIpc) is 3.09. The highest BCUT2D eigenvalue weighted by Crippen LogP contribution is 2.33. The van der Waals surface area contributed by atoms with Crippen molar-refractivity contribution in [2.24, 2.45) is 11.8 Å². The predicted octanol–water partition coefficient (Wildman–Crippen LogP) is 2.30. The van der Waals surface area contributed by atoms with E-state index in [2.05, 4.69) is 16.7 Å². The zero-order chi connectivity index (χ0) is 13.2. The maximum absolute atomic E-state index is 10.5. The van der Waals surface area contributed by atoms with Crippen molar-refractivity contribution in [2.45, 2.75) is 57.0 Å². The van der Waals surface area contributed by atoms with Crippen LogP contribution in [0.4, 0.5) is 0 Å². The molecule has 5 heteroatoms. The van der Waals surface area contributed by atoms with Crippen molar-refractivity contribution < 1.29 is 9.90 Å². The minimum Gasteiger partial charge on any atom is -0.480 e. The third-order valence-corrected chi connectivity index (χ3v) is 5.06. The molecule has 3 fully saturated rings. The molecule has 2 aliphatic heterocycles. The topological polar surface area (TPSA) is 61.4 Å². The van der Waals surface area contributed by atoms with Gasteiger partial charge >= 0.3 is 5.97 Å². The largest absolute Gasteiger partial charge is 0.480 e. The fourth-order valence-corrected chi connectivity index (χ4v) is 4.00. The van der Waals surface area contributed by atoms with E-state index in [1.165, 1.54) is 32.2 Å². The quantitative estimate of drug-likeness (QED) is 0.695. The van der Waals surface area contributed by atoms with Gasteiger partial charge < -0.3 is 15.7 Å². The Bertz CT molecular complexity index is 366. The van der Waals surface area contributed by atoms with Crippen LogP contribution in [0.1, 0.15) is 44.9 Å². The molecule has 20 heavy (non-hydrogen) atoms. The second-order valence-corrected chi connectivity index (χ2v) is 6.24. The molecular weight excluding hydrogens is 276 g/mol. The highest BCUT2D eigenvalue weighted by Gasteiger charge is 2.34. The van der Waals surface area contributed by atoms with Gasteiger partial charge in [0.15, 0.2) is 0 Å². The Balaban J connectivity index is 0.000000146. The Labute approximate surface area is 126 Å². The molecule has 2 saturated heterocycles. The number of carboxylic acids is 1. The Morgan fingerprint density at radius 2 is 2.10 bits per heavy atom. The molecule has 0 radical (unpaired) electrons. The molecule has 4 rings (SSSR count). The minimum atomic E-state index is -0.722. The van der Waals surface area contributed by atoms with E-state index in [0.29, 0.717) is 5.92 Å². The van der Waals surface area contributed by atoms with Crippen LogP contribution in [-0.2, 0) is 4.79 Å². The van der Waals surface area contributed by atoms with Gasteiger partial charge in [-0.1, -0.05) is 12.5 Å². The van der Waals surface area contributed by atoms with Crippen LogP contribution >= 0.6 is 12.4 Å². The summed E-state index contributed by atoms with van der Waals surface area (Å²) >= 11 is 0. The van der Waals surface area contributed by atoms with Crippen LogP contribution in [0.15, 0.2) is 11.8 Å². The first kappa shape index (κ1) is 15.6. The highest BCUT2D eigenvalue weighted by molar-refractivity contribution is 5.85. The molecule has 0 aromatic rings. The van der Waals surface area contributed by atoms with Gasteiger partial charge in [-0.05, 0) is 51.0 Å². The lowest BCUT2D eigenvalue weighted by Crippen LogP contribution is -2.29. The first-order valence-electron chi connectivity index (χ1n) is 7.67. The zero-order valence-corrected chi connectivity index (χ0v) is 12.6. The first-order chi connectivity index (χ1) is 9.24. The summed E-state index contributed by atoms with van der Waals surface area (Å²) in [7, 11) is 0. The van der Waals surface area contributed by atoms with Gasteiger partial charge in [0.2, 0.25) is 0 Å². The van der Waals surface area contributed by atoms with Crippen LogP contribution in [0.3, 0.4) is 0 Å². The maximum atomic E-state index is 10.5. The molecule has 4 nitrogen and oxygen atoms in total. The predicted molar refractivity (Wildman–Crippen MR) is 81.0 cm³/mol. The van der Waals surface area contributed by atoms with Crippen LogP contribution in [-0.4, -0.2) is 29.7 Å². The number of fused-ring (bicyclic) bond motifs is 2. The molecule has 4 atom stereocenters. The van der Waals surface area contributed by atoms with E-state index in [1.807, 2.05) is 0 Å². The van der Waals surface area contributed by atoms with Crippen LogP contribution in [0.5, 0.6) is 0 Å². The number of carbonyl (C=O) groups is 1. The SMILES string of the molecule is C1CC2CCNC2C1.Cl.O=C(O)C1CC2CCC=C2N1. The highest BCUT2D eigenvalue weighted by atomic mass is 35.5. The molecule has 2 aliphatic carbocycles. The van der Waals surface area contributed by atoms with Crippen molar-refractivity contribution in [2.75, 3.05) is 6.54 Å². The van der Waals surface area contributed by atoms with Crippen LogP contribution in [0, 0.1) is 11.8 Å². The van der Waals surface area contributed by atoms with E-state index in [4.69, 9.17) is 5.11 Å². The van der Waals surface area contributed by atoms with Gasteiger partial charge in [0, 0.05) is 17.7 Å². The molecule has 0 aromatic carbocycles. The number of aliphatic carboxylic acids is 1. The van der Waals surface area contributed by atoms with Gasteiger partial charge in [-0.15, -0.1) is 12.4 Å². The maximum Gasteiger partial charge on any atom is 0.326 e. The lowest BCUT2D eigenvalue weighted by atomic mass is 10.0. The lowest BCUT2D eigenvalue weighted by Gasteiger charge is -2.05. The Kier molecular flexibility index (Phi) is 5.33. The van der Waals surface area contributed by atoms with Gasteiger partial charge in [0.1, 0.15) is 6.04 Å². The molecule has 4 unspecified atom stereocenters. The average molecular weight is 301 g/mol. The second-order valence-electron chi connectivity index (χ2n) is 6.24. The molecule has 0 aromatic heterocycles.